The number of cyclic esters (lactones) is 1. The monoisotopic (exact) mass is 260 g/mol. The number of rotatable bonds is 1. The highest BCUT2D eigenvalue weighted by molar-refractivity contribution is 9.09. The van der Waals surface area contributed by atoms with Crippen molar-refractivity contribution in [1.29, 1.82) is 0 Å². The molecule has 2 rings (SSSR count). The van der Waals surface area contributed by atoms with Gasteiger partial charge in [-0.05, 0) is 24.7 Å². The maximum Gasteiger partial charge on any atom is 0.306 e. The third kappa shape index (κ3) is 2.13. The molecule has 2 nitrogen and oxygen atoms in total. The molecule has 2 fully saturated rings. The van der Waals surface area contributed by atoms with Crippen molar-refractivity contribution in [3.8, 4) is 0 Å². The normalized spacial score (nSPS) is 31.5. The molecule has 1 atom stereocenters. The highest BCUT2D eigenvalue weighted by Gasteiger charge is 2.41. The van der Waals surface area contributed by atoms with E-state index in [4.69, 9.17) is 4.74 Å². The van der Waals surface area contributed by atoms with Crippen LogP contribution in [0.5, 0.6) is 0 Å². The van der Waals surface area contributed by atoms with Crippen LogP contribution >= 0.6 is 15.9 Å². The molecule has 0 bridgehead atoms. The minimum absolute atomic E-state index is 0.0163. The van der Waals surface area contributed by atoms with Crippen LogP contribution in [0.3, 0.4) is 0 Å². The van der Waals surface area contributed by atoms with Gasteiger partial charge in [-0.15, -0.1) is 0 Å². The molecule has 0 aromatic rings. The Labute approximate surface area is 93.5 Å². The Morgan fingerprint density at radius 3 is 2.71 bits per heavy atom. The van der Waals surface area contributed by atoms with Crippen molar-refractivity contribution in [3.05, 3.63) is 0 Å². The Balaban J connectivity index is 2.05. The molecule has 80 valence electrons. The van der Waals surface area contributed by atoms with Crippen LogP contribution in [0.4, 0.5) is 0 Å². The molecule has 0 amide bonds. The molecule has 0 N–H and O–H groups in total. The molecule has 0 aromatic heterocycles. The second-order valence-corrected chi connectivity index (χ2v) is 5.36. The smallest absolute Gasteiger partial charge is 0.306 e. The maximum absolute atomic E-state index is 11.5. The molecule has 0 radical (unpaired) electrons. The summed E-state index contributed by atoms with van der Waals surface area (Å²) in [7, 11) is 0. The third-order valence-electron chi connectivity index (χ3n) is 3.56. The first kappa shape index (κ1) is 10.5. The zero-order valence-electron chi connectivity index (χ0n) is 8.43. The molecular weight excluding hydrogens is 244 g/mol. The van der Waals surface area contributed by atoms with Gasteiger partial charge in [0.15, 0.2) is 0 Å². The number of carbonyl (C=O) groups is 1. The minimum Gasteiger partial charge on any atom is -0.461 e. The number of halogens is 1. The van der Waals surface area contributed by atoms with E-state index >= 15 is 0 Å². The first-order valence-corrected chi connectivity index (χ1v) is 6.62. The van der Waals surface area contributed by atoms with Crippen molar-refractivity contribution >= 4 is 21.9 Å². The molecule has 1 heterocycles. The lowest BCUT2D eigenvalue weighted by atomic mass is 9.68. The summed E-state index contributed by atoms with van der Waals surface area (Å²) in [6.07, 6.45) is 8.24. The Morgan fingerprint density at radius 1 is 1.36 bits per heavy atom. The standard InChI is InChI=1S/C11H17BrO2/c12-8-9-6-11(7-10(13)14-9)4-2-1-3-5-11/h9H,1-8H2/t9-/m1/s1. The average Bonchev–Trinajstić information content (AvgIpc) is 2.17. The maximum atomic E-state index is 11.5. The molecule has 2 aliphatic rings. The first-order chi connectivity index (χ1) is 6.74. The molecule has 1 saturated heterocycles. The van der Waals surface area contributed by atoms with Gasteiger partial charge in [0, 0.05) is 5.33 Å². The Morgan fingerprint density at radius 2 is 2.07 bits per heavy atom. The zero-order valence-corrected chi connectivity index (χ0v) is 10.0. The number of alkyl halides is 1. The summed E-state index contributed by atoms with van der Waals surface area (Å²) in [5.41, 5.74) is 0.298. The SMILES string of the molecule is O=C1CC2(CCCCC2)C[C@H](CBr)O1. The lowest BCUT2D eigenvalue weighted by molar-refractivity contribution is -0.161. The van der Waals surface area contributed by atoms with E-state index < -0.39 is 0 Å². The Kier molecular flexibility index (Phi) is 3.15. The van der Waals surface area contributed by atoms with Crippen molar-refractivity contribution in [2.45, 2.75) is 51.0 Å². The number of hydrogen-bond acceptors (Lipinski definition) is 2. The third-order valence-corrected chi connectivity index (χ3v) is 4.29. The molecule has 1 aliphatic carbocycles. The van der Waals surface area contributed by atoms with Crippen LogP contribution in [0, 0.1) is 5.41 Å². The van der Waals surface area contributed by atoms with Gasteiger partial charge in [0.1, 0.15) is 6.10 Å². The number of hydrogen-bond donors (Lipinski definition) is 0. The summed E-state index contributed by atoms with van der Waals surface area (Å²) < 4.78 is 5.28. The van der Waals surface area contributed by atoms with Gasteiger partial charge in [-0.25, -0.2) is 0 Å². The molecule has 14 heavy (non-hydrogen) atoms. The van der Waals surface area contributed by atoms with Crippen LogP contribution in [0.25, 0.3) is 0 Å². The quantitative estimate of drug-likeness (QED) is 0.535. The molecular formula is C11H17BrO2. The molecule has 1 aliphatic heterocycles. The van der Waals surface area contributed by atoms with Gasteiger partial charge in [0.05, 0.1) is 6.42 Å². The van der Waals surface area contributed by atoms with E-state index in [1.807, 2.05) is 0 Å². The van der Waals surface area contributed by atoms with Crippen molar-refractivity contribution < 1.29 is 9.53 Å². The van der Waals surface area contributed by atoms with E-state index in [1.165, 1.54) is 32.1 Å². The van der Waals surface area contributed by atoms with Crippen molar-refractivity contribution in [1.82, 2.24) is 0 Å². The highest BCUT2D eigenvalue weighted by atomic mass is 79.9. The first-order valence-electron chi connectivity index (χ1n) is 5.50. The van der Waals surface area contributed by atoms with E-state index in [1.54, 1.807) is 0 Å². The summed E-state index contributed by atoms with van der Waals surface area (Å²) in [6, 6.07) is 0. The summed E-state index contributed by atoms with van der Waals surface area (Å²) >= 11 is 3.41. The second-order valence-electron chi connectivity index (χ2n) is 4.71. The van der Waals surface area contributed by atoms with Crippen LogP contribution < -0.4 is 0 Å². The van der Waals surface area contributed by atoms with Crippen LogP contribution in [-0.4, -0.2) is 17.4 Å². The van der Waals surface area contributed by atoms with E-state index in [0.29, 0.717) is 11.8 Å². The lowest BCUT2D eigenvalue weighted by Gasteiger charge is -2.42. The van der Waals surface area contributed by atoms with Crippen molar-refractivity contribution in [2.75, 3.05) is 5.33 Å². The molecule has 1 spiro atoms. The van der Waals surface area contributed by atoms with E-state index in [-0.39, 0.29) is 12.1 Å². The van der Waals surface area contributed by atoms with E-state index in [0.717, 1.165) is 11.8 Å². The molecule has 1 saturated carbocycles. The molecule has 3 heteroatoms. The van der Waals surface area contributed by atoms with Gasteiger partial charge in [0.25, 0.3) is 0 Å². The summed E-state index contributed by atoms with van der Waals surface area (Å²) in [6.45, 7) is 0. The predicted octanol–water partition coefficient (Wildman–Crippen LogP) is 3.04. The van der Waals surface area contributed by atoms with Gasteiger partial charge < -0.3 is 4.74 Å². The van der Waals surface area contributed by atoms with Gasteiger partial charge in [0.2, 0.25) is 0 Å². The number of carbonyl (C=O) groups excluding carboxylic acids is 1. The molecule has 0 aromatic carbocycles. The van der Waals surface area contributed by atoms with Crippen LogP contribution in [-0.2, 0) is 9.53 Å². The van der Waals surface area contributed by atoms with Gasteiger partial charge in [-0.3, -0.25) is 4.79 Å². The molecule has 0 unspecified atom stereocenters. The van der Waals surface area contributed by atoms with Gasteiger partial charge in [-0.1, -0.05) is 35.2 Å². The zero-order chi connectivity index (χ0) is 10.0. The van der Waals surface area contributed by atoms with Crippen LogP contribution in [0.2, 0.25) is 0 Å². The fraction of sp³-hybridized carbons (Fsp3) is 0.909. The predicted molar refractivity (Wildman–Crippen MR) is 58.4 cm³/mol. The number of ether oxygens (including phenoxy) is 1. The summed E-state index contributed by atoms with van der Waals surface area (Å²) in [5.74, 6) is 0.0163. The minimum atomic E-state index is 0.0163. The lowest BCUT2D eigenvalue weighted by Crippen LogP contribution is -2.40. The van der Waals surface area contributed by atoms with E-state index in [9.17, 15) is 4.79 Å². The fourth-order valence-electron chi connectivity index (χ4n) is 2.90. The highest BCUT2D eigenvalue weighted by Crippen LogP contribution is 2.46. The largest absolute Gasteiger partial charge is 0.461 e. The van der Waals surface area contributed by atoms with E-state index in [2.05, 4.69) is 15.9 Å². The van der Waals surface area contributed by atoms with Gasteiger partial charge >= 0.3 is 5.97 Å². The van der Waals surface area contributed by atoms with Crippen molar-refractivity contribution in [2.24, 2.45) is 5.41 Å². The topological polar surface area (TPSA) is 26.3 Å². The van der Waals surface area contributed by atoms with Gasteiger partial charge in [-0.2, -0.15) is 0 Å². The van der Waals surface area contributed by atoms with Crippen molar-refractivity contribution in [3.63, 3.8) is 0 Å². The second kappa shape index (κ2) is 4.21. The summed E-state index contributed by atoms with van der Waals surface area (Å²) in [4.78, 5) is 11.5. The van der Waals surface area contributed by atoms with Crippen LogP contribution in [0.1, 0.15) is 44.9 Å². The Hall–Kier alpha value is -0.0500. The fourth-order valence-corrected chi connectivity index (χ4v) is 3.26. The summed E-state index contributed by atoms with van der Waals surface area (Å²) in [5, 5.41) is 0.792. The average molecular weight is 261 g/mol. The Bertz CT molecular complexity index is 221. The number of esters is 1. The van der Waals surface area contributed by atoms with Crippen LogP contribution in [0.15, 0.2) is 0 Å².